The molecule has 0 saturated carbocycles. The summed E-state index contributed by atoms with van der Waals surface area (Å²) in [4.78, 5) is 33.7. The lowest BCUT2D eigenvalue weighted by atomic mass is 9.75. The topological polar surface area (TPSA) is 89.8 Å². The van der Waals surface area contributed by atoms with E-state index in [0.29, 0.717) is 25.9 Å². The second kappa shape index (κ2) is 9.17. The van der Waals surface area contributed by atoms with Gasteiger partial charge in [-0.2, -0.15) is 9.78 Å². The number of aromatic nitrogens is 3. The summed E-state index contributed by atoms with van der Waals surface area (Å²) in [6.07, 6.45) is 4.19. The molecule has 2 aliphatic rings. The Morgan fingerprint density at radius 1 is 0.912 bits per heavy atom. The van der Waals surface area contributed by atoms with Gasteiger partial charge in [0.1, 0.15) is 24.2 Å². The molecule has 5 rings (SSSR count). The number of benzene rings is 2. The highest BCUT2D eigenvalue weighted by Crippen LogP contribution is 2.49. The molecule has 3 aromatic rings. The minimum Gasteiger partial charge on any atom is -0.497 e. The third-order valence-electron chi connectivity index (χ3n) is 6.81. The van der Waals surface area contributed by atoms with E-state index in [4.69, 9.17) is 9.47 Å². The number of β-lactam (4-membered cyclic amide) rings is 1. The largest absolute Gasteiger partial charge is 0.497 e. The number of likely N-dealkylation sites (tertiary alicyclic amines) is 2. The lowest BCUT2D eigenvalue weighted by molar-refractivity contribution is -0.156. The Bertz CT molecular complexity index is 1140. The van der Waals surface area contributed by atoms with Gasteiger partial charge in [-0.25, -0.2) is 9.78 Å². The second-order valence-electron chi connectivity index (χ2n) is 8.56. The number of hydrogen-bond acceptors (Lipinski definition) is 6. The van der Waals surface area contributed by atoms with E-state index in [0.717, 1.165) is 22.6 Å². The van der Waals surface area contributed by atoms with Crippen molar-refractivity contribution in [2.45, 2.75) is 30.8 Å². The maximum Gasteiger partial charge on any atom is 0.346 e. The molecular weight excluding hydrogens is 434 g/mol. The summed E-state index contributed by atoms with van der Waals surface area (Å²) in [6.45, 7) is 1.13. The predicted molar refractivity (Wildman–Crippen MR) is 124 cm³/mol. The van der Waals surface area contributed by atoms with Crippen LogP contribution >= 0.6 is 0 Å². The molecule has 9 heteroatoms. The van der Waals surface area contributed by atoms with E-state index in [-0.39, 0.29) is 29.9 Å². The van der Waals surface area contributed by atoms with Crippen LogP contribution in [0.3, 0.4) is 0 Å². The summed E-state index contributed by atoms with van der Waals surface area (Å²) < 4.78 is 11.9. The maximum atomic E-state index is 13.5. The Labute approximate surface area is 197 Å². The number of ether oxygens (including phenoxy) is 2. The molecule has 2 aromatic carbocycles. The zero-order chi connectivity index (χ0) is 23.7. The highest BCUT2D eigenvalue weighted by molar-refractivity contribution is 5.92. The van der Waals surface area contributed by atoms with Crippen LogP contribution in [0.5, 0.6) is 11.5 Å². The molecule has 2 amide bonds. The molecule has 2 fully saturated rings. The van der Waals surface area contributed by atoms with E-state index in [1.165, 1.54) is 17.3 Å². The normalized spacial score (nSPS) is 20.7. The van der Waals surface area contributed by atoms with E-state index < -0.39 is 0 Å². The van der Waals surface area contributed by atoms with Crippen molar-refractivity contribution < 1.29 is 19.1 Å². The molecule has 0 N–H and O–H groups in total. The van der Waals surface area contributed by atoms with Crippen molar-refractivity contribution in [3.8, 4) is 11.5 Å². The van der Waals surface area contributed by atoms with Crippen LogP contribution < -0.4 is 9.47 Å². The SMILES string of the molecule is COc1ccc([C@H]2C(=O)N(C3CCN(C(=O)n4cncn4)CC3)[C@@H]2c2ccc(OC)cc2)cc1. The van der Waals surface area contributed by atoms with Crippen molar-refractivity contribution in [2.24, 2.45) is 0 Å². The minimum absolute atomic E-state index is 0.0638. The predicted octanol–water partition coefficient (Wildman–Crippen LogP) is 3.10. The molecule has 0 radical (unpaired) electrons. The van der Waals surface area contributed by atoms with Crippen LogP contribution in [0.25, 0.3) is 0 Å². The third-order valence-corrected chi connectivity index (χ3v) is 6.81. The average Bonchev–Trinajstić information content (AvgIpc) is 3.43. The van der Waals surface area contributed by atoms with Gasteiger partial charge in [-0.15, -0.1) is 0 Å². The lowest BCUT2D eigenvalue weighted by Gasteiger charge is -2.53. The Kier molecular flexibility index (Phi) is 5.91. The van der Waals surface area contributed by atoms with E-state index in [9.17, 15) is 9.59 Å². The number of hydrogen-bond donors (Lipinski definition) is 0. The van der Waals surface area contributed by atoms with Crippen molar-refractivity contribution in [3.05, 3.63) is 72.3 Å². The summed E-state index contributed by atoms with van der Waals surface area (Å²) >= 11 is 0. The van der Waals surface area contributed by atoms with Crippen LogP contribution in [0.2, 0.25) is 0 Å². The molecule has 0 aliphatic carbocycles. The maximum absolute atomic E-state index is 13.5. The molecule has 0 unspecified atom stereocenters. The van der Waals surface area contributed by atoms with Crippen LogP contribution in [0, 0.1) is 0 Å². The first-order valence-corrected chi connectivity index (χ1v) is 11.3. The van der Waals surface area contributed by atoms with E-state index in [1.807, 2.05) is 53.4 Å². The van der Waals surface area contributed by atoms with Crippen LogP contribution in [0.4, 0.5) is 4.79 Å². The van der Waals surface area contributed by atoms with E-state index >= 15 is 0 Å². The summed E-state index contributed by atoms with van der Waals surface area (Å²) in [7, 11) is 3.27. The van der Waals surface area contributed by atoms with Crippen LogP contribution in [-0.2, 0) is 4.79 Å². The number of rotatable bonds is 5. The summed E-state index contributed by atoms with van der Waals surface area (Å²) in [5.41, 5.74) is 2.05. The summed E-state index contributed by atoms with van der Waals surface area (Å²) in [5, 5.41) is 3.94. The number of carbonyl (C=O) groups is 2. The smallest absolute Gasteiger partial charge is 0.346 e. The lowest BCUT2D eigenvalue weighted by Crippen LogP contribution is -2.60. The van der Waals surface area contributed by atoms with Crippen molar-refractivity contribution >= 4 is 11.9 Å². The molecule has 3 heterocycles. The fraction of sp³-hybridized carbons (Fsp3) is 0.360. The zero-order valence-corrected chi connectivity index (χ0v) is 19.2. The van der Waals surface area contributed by atoms with Gasteiger partial charge < -0.3 is 19.3 Å². The van der Waals surface area contributed by atoms with Crippen molar-refractivity contribution in [1.82, 2.24) is 24.6 Å². The van der Waals surface area contributed by atoms with Gasteiger partial charge in [0.15, 0.2) is 0 Å². The van der Waals surface area contributed by atoms with Crippen molar-refractivity contribution in [1.29, 1.82) is 0 Å². The number of methoxy groups -OCH3 is 2. The first-order chi connectivity index (χ1) is 16.6. The van der Waals surface area contributed by atoms with E-state index in [2.05, 4.69) is 10.1 Å². The van der Waals surface area contributed by atoms with Gasteiger partial charge in [0.25, 0.3) is 0 Å². The fourth-order valence-corrected chi connectivity index (χ4v) is 5.00. The van der Waals surface area contributed by atoms with Gasteiger partial charge in [0.2, 0.25) is 5.91 Å². The monoisotopic (exact) mass is 461 g/mol. The second-order valence-corrected chi connectivity index (χ2v) is 8.56. The molecular formula is C25H27N5O4. The van der Waals surface area contributed by atoms with Gasteiger partial charge >= 0.3 is 6.03 Å². The standard InChI is InChI=1S/C25H27N5O4/c1-33-20-7-3-17(4-8-20)22-23(18-5-9-21(34-2)10-6-18)30(24(22)31)19-11-13-28(14-12-19)25(32)29-16-26-15-27-29/h3-10,15-16,19,22-23H,11-14H2,1-2H3/t22-,23-/m1/s1. The van der Waals surface area contributed by atoms with Crippen molar-refractivity contribution in [2.75, 3.05) is 27.3 Å². The van der Waals surface area contributed by atoms with Gasteiger partial charge in [-0.3, -0.25) is 4.79 Å². The molecule has 176 valence electrons. The van der Waals surface area contributed by atoms with Crippen LogP contribution in [0.1, 0.15) is 35.9 Å². The molecule has 9 nitrogen and oxygen atoms in total. The van der Waals surface area contributed by atoms with Gasteiger partial charge in [0, 0.05) is 19.1 Å². The van der Waals surface area contributed by atoms with Gasteiger partial charge in [-0.1, -0.05) is 24.3 Å². The molecule has 2 aliphatic heterocycles. The molecule has 2 atom stereocenters. The third kappa shape index (κ3) is 3.87. The number of nitrogens with zero attached hydrogens (tertiary/aromatic N) is 5. The first-order valence-electron chi connectivity index (χ1n) is 11.3. The molecule has 1 aromatic heterocycles. The number of piperidine rings is 1. The highest BCUT2D eigenvalue weighted by Gasteiger charge is 2.52. The van der Waals surface area contributed by atoms with Gasteiger partial charge in [-0.05, 0) is 48.2 Å². The summed E-state index contributed by atoms with van der Waals surface area (Å²) in [5.74, 6) is 1.40. The minimum atomic E-state index is -0.255. The average molecular weight is 462 g/mol. The highest BCUT2D eigenvalue weighted by atomic mass is 16.5. The van der Waals surface area contributed by atoms with Crippen molar-refractivity contribution in [3.63, 3.8) is 0 Å². The first kappa shape index (κ1) is 21.9. The Morgan fingerprint density at radius 2 is 1.50 bits per heavy atom. The molecule has 34 heavy (non-hydrogen) atoms. The quantitative estimate of drug-likeness (QED) is 0.543. The van der Waals surface area contributed by atoms with E-state index in [1.54, 1.807) is 19.1 Å². The Morgan fingerprint density at radius 3 is 2.03 bits per heavy atom. The molecule has 0 spiro atoms. The molecule has 0 bridgehead atoms. The molecule has 2 saturated heterocycles. The van der Waals surface area contributed by atoms with Crippen LogP contribution in [-0.4, -0.2) is 69.9 Å². The Hall–Kier alpha value is -3.88. The number of carbonyl (C=O) groups excluding carboxylic acids is 2. The zero-order valence-electron chi connectivity index (χ0n) is 19.2. The van der Waals surface area contributed by atoms with Crippen LogP contribution in [0.15, 0.2) is 61.2 Å². The Balaban J connectivity index is 1.37. The summed E-state index contributed by atoms with van der Waals surface area (Å²) in [6, 6.07) is 15.4. The number of amides is 2. The fourth-order valence-electron chi connectivity index (χ4n) is 5.00. The van der Waals surface area contributed by atoms with Gasteiger partial charge in [0.05, 0.1) is 26.2 Å².